The van der Waals surface area contributed by atoms with Crippen LogP contribution in [0, 0.1) is 6.92 Å². The van der Waals surface area contributed by atoms with E-state index < -0.39 is 0 Å². The maximum atomic E-state index is 5.69. The van der Waals surface area contributed by atoms with Gasteiger partial charge in [0.15, 0.2) is 0 Å². The first-order chi connectivity index (χ1) is 8.68. The van der Waals surface area contributed by atoms with Crippen molar-refractivity contribution in [3.05, 3.63) is 29.8 Å². The molecule has 0 spiro atoms. The average Bonchev–Trinajstić information content (AvgIpc) is 2.34. The Morgan fingerprint density at radius 2 is 1.67 bits per heavy atom. The molecule has 1 N–H and O–H groups in total. The second kappa shape index (κ2) is 8.98. The van der Waals surface area contributed by atoms with Gasteiger partial charge < -0.3 is 10.1 Å². The van der Waals surface area contributed by atoms with E-state index in [2.05, 4.69) is 38.2 Å². The van der Waals surface area contributed by atoms with Gasteiger partial charge in [0, 0.05) is 6.04 Å². The predicted molar refractivity (Wildman–Crippen MR) is 78.3 cm³/mol. The maximum absolute atomic E-state index is 5.69. The summed E-state index contributed by atoms with van der Waals surface area (Å²) in [5, 5.41) is 3.44. The first-order valence-electron chi connectivity index (χ1n) is 7.11. The molecule has 0 aliphatic carbocycles. The molecular formula is C16H27NO. The van der Waals surface area contributed by atoms with Crippen LogP contribution in [0.4, 0.5) is 0 Å². The van der Waals surface area contributed by atoms with Crippen molar-refractivity contribution >= 4 is 0 Å². The van der Waals surface area contributed by atoms with Gasteiger partial charge in [0.1, 0.15) is 5.75 Å². The molecule has 2 heteroatoms. The summed E-state index contributed by atoms with van der Waals surface area (Å²) >= 11 is 0. The zero-order valence-corrected chi connectivity index (χ0v) is 12.0. The van der Waals surface area contributed by atoms with Crippen molar-refractivity contribution in [3.63, 3.8) is 0 Å². The van der Waals surface area contributed by atoms with E-state index in [0.29, 0.717) is 6.04 Å². The van der Waals surface area contributed by atoms with E-state index in [4.69, 9.17) is 4.74 Å². The van der Waals surface area contributed by atoms with Crippen LogP contribution in [-0.2, 0) is 0 Å². The molecule has 2 nitrogen and oxygen atoms in total. The molecule has 1 aromatic carbocycles. The minimum absolute atomic E-state index is 0.606. The number of hydrogen-bond donors (Lipinski definition) is 1. The highest BCUT2D eigenvalue weighted by Gasteiger charge is 1.95. The van der Waals surface area contributed by atoms with Gasteiger partial charge in [-0.2, -0.15) is 0 Å². The van der Waals surface area contributed by atoms with Gasteiger partial charge in [-0.3, -0.25) is 0 Å². The van der Waals surface area contributed by atoms with E-state index in [1.165, 1.54) is 24.8 Å². The molecule has 0 saturated heterocycles. The number of aryl methyl sites for hydroxylation is 1. The second-order valence-electron chi connectivity index (χ2n) is 5.18. The van der Waals surface area contributed by atoms with Gasteiger partial charge in [-0.05, 0) is 38.4 Å². The molecule has 0 aliphatic heterocycles. The van der Waals surface area contributed by atoms with Crippen LogP contribution in [0.25, 0.3) is 0 Å². The molecule has 0 fully saturated rings. The molecule has 18 heavy (non-hydrogen) atoms. The van der Waals surface area contributed by atoms with Crippen LogP contribution in [0.2, 0.25) is 0 Å². The van der Waals surface area contributed by atoms with Crippen LogP contribution in [-0.4, -0.2) is 19.2 Å². The Balaban J connectivity index is 1.94. The van der Waals surface area contributed by atoms with E-state index in [0.717, 1.165) is 25.3 Å². The molecule has 0 radical (unpaired) electrons. The third-order valence-corrected chi connectivity index (χ3v) is 2.91. The lowest BCUT2D eigenvalue weighted by molar-refractivity contribution is 0.304. The highest BCUT2D eigenvalue weighted by atomic mass is 16.5. The van der Waals surface area contributed by atoms with E-state index in [9.17, 15) is 0 Å². The van der Waals surface area contributed by atoms with Crippen LogP contribution < -0.4 is 10.1 Å². The Labute approximate surface area is 112 Å². The minimum Gasteiger partial charge on any atom is -0.494 e. The molecule has 1 rings (SSSR count). The van der Waals surface area contributed by atoms with Crippen LogP contribution >= 0.6 is 0 Å². The van der Waals surface area contributed by atoms with Gasteiger partial charge in [-0.15, -0.1) is 0 Å². The third-order valence-electron chi connectivity index (χ3n) is 2.91. The van der Waals surface area contributed by atoms with Gasteiger partial charge in [0.2, 0.25) is 0 Å². The molecule has 0 aromatic heterocycles. The Morgan fingerprint density at radius 3 is 2.33 bits per heavy atom. The molecule has 1 aromatic rings. The Hall–Kier alpha value is -1.02. The first kappa shape index (κ1) is 15.0. The van der Waals surface area contributed by atoms with Gasteiger partial charge >= 0.3 is 0 Å². The van der Waals surface area contributed by atoms with Gasteiger partial charge in [0.25, 0.3) is 0 Å². The van der Waals surface area contributed by atoms with Crippen molar-refractivity contribution in [2.24, 2.45) is 0 Å². The number of unbranched alkanes of at least 4 members (excludes halogenated alkanes) is 3. The summed E-state index contributed by atoms with van der Waals surface area (Å²) in [6, 6.07) is 8.87. The van der Waals surface area contributed by atoms with E-state index >= 15 is 0 Å². The Morgan fingerprint density at radius 1 is 1.00 bits per heavy atom. The highest BCUT2D eigenvalue weighted by molar-refractivity contribution is 5.26. The predicted octanol–water partition coefficient (Wildman–Crippen LogP) is 3.93. The summed E-state index contributed by atoms with van der Waals surface area (Å²) in [7, 11) is 0. The second-order valence-corrected chi connectivity index (χ2v) is 5.18. The molecule has 0 unspecified atom stereocenters. The van der Waals surface area contributed by atoms with Crippen LogP contribution in [0.15, 0.2) is 24.3 Å². The molecule has 0 heterocycles. The van der Waals surface area contributed by atoms with Gasteiger partial charge in [0.05, 0.1) is 6.61 Å². The quantitative estimate of drug-likeness (QED) is 0.669. The van der Waals surface area contributed by atoms with Crippen LogP contribution in [0.1, 0.15) is 45.1 Å². The Bertz CT molecular complexity index is 305. The zero-order valence-electron chi connectivity index (χ0n) is 12.0. The normalized spacial score (nSPS) is 10.9. The molecule has 102 valence electrons. The van der Waals surface area contributed by atoms with Crippen LogP contribution in [0.3, 0.4) is 0 Å². The number of hydrogen-bond acceptors (Lipinski definition) is 2. The van der Waals surface area contributed by atoms with E-state index in [1.807, 2.05) is 12.1 Å². The standard InChI is InChI=1S/C16H27NO/c1-14(2)17-12-6-4-5-7-13-18-16-10-8-15(3)9-11-16/h8-11,14,17H,4-7,12-13H2,1-3H3. The van der Waals surface area contributed by atoms with Crippen molar-refractivity contribution in [2.45, 2.75) is 52.5 Å². The summed E-state index contributed by atoms with van der Waals surface area (Å²) in [4.78, 5) is 0. The largest absolute Gasteiger partial charge is 0.494 e. The van der Waals surface area contributed by atoms with Crippen molar-refractivity contribution in [1.82, 2.24) is 5.32 Å². The fourth-order valence-corrected chi connectivity index (χ4v) is 1.80. The summed E-state index contributed by atoms with van der Waals surface area (Å²) < 4.78 is 5.69. The smallest absolute Gasteiger partial charge is 0.119 e. The number of rotatable bonds is 9. The van der Waals surface area contributed by atoms with Crippen molar-refractivity contribution in [2.75, 3.05) is 13.2 Å². The molecule has 0 bridgehead atoms. The fourth-order valence-electron chi connectivity index (χ4n) is 1.80. The average molecular weight is 249 g/mol. The molecule has 0 saturated carbocycles. The molecule has 0 atom stereocenters. The van der Waals surface area contributed by atoms with Gasteiger partial charge in [-0.25, -0.2) is 0 Å². The summed E-state index contributed by atoms with van der Waals surface area (Å²) in [6.07, 6.45) is 4.96. The van der Waals surface area contributed by atoms with Crippen molar-refractivity contribution < 1.29 is 4.74 Å². The SMILES string of the molecule is Cc1ccc(OCCCCCCNC(C)C)cc1. The first-order valence-corrected chi connectivity index (χ1v) is 7.11. The number of nitrogens with one attached hydrogen (secondary N) is 1. The molecule has 0 aliphatic rings. The van der Waals surface area contributed by atoms with Crippen molar-refractivity contribution in [1.29, 1.82) is 0 Å². The zero-order chi connectivity index (χ0) is 13.2. The monoisotopic (exact) mass is 249 g/mol. The van der Waals surface area contributed by atoms with E-state index in [1.54, 1.807) is 0 Å². The minimum atomic E-state index is 0.606. The highest BCUT2D eigenvalue weighted by Crippen LogP contribution is 2.12. The molecular weight excluding hydrogens is 222 g/mol. The topological polar surface area (TPSA) is 21.3 Å². The van der Waals surface area contributed by atoms with Crippen LogP contribution in [0.5, 0.6) is 5.75 Å². The number of ether oxygens (including phenoxy) is 1. The fraction of sp³-hybridized carbons (Fsp3) is 0.625. The summed E-state index contributed by atoms with van der Waals surface area (Å²) in [5.41, 5.74) is 1.28. The molecule has 0 amide bonds. The van der Waals surface area contributed by atoms with Gasteiger partial charge in [-0.1, -0.05) is 44.4 Å². The third kappa shape index (κ3) is 7.33. The van der Waals surface area contributed by atoms with Crippen molar-refractivity contribution in [3.8, 4) is 5.75 Å². The number of benzene rings is 1. The maximum Gasteiger partial charge on any atom is 0.119 e. The summed E-state index contributed by atoms with van der Waals surface area (Å²) in [6.45, 7) is 8.44. The summed E-state index contributed by atoms with van der Waals surface area (Å²) in [5.74, 6) is 0.988. The lowest BCUT2D eigenvalue weighted by Crippen LogP contribution is -2.23. The lowest BCUT2D eigenvalue weighted by atomic mass is 10.2. The Kier molecular flexibility index (Phi) is 7.51. The lowest BCUT2D eigenvalue weighted by Gasteiger charge is -2.08. The van der Waals surface area contributed by atoms with E-state index in [-0.39, 0.29) is 0 Å².